The average Bonchev–Trinajstić information content (AvgIpc) is 3.47. The zero-order valence-electron chi connectivity index (χ0n) is 16.3. The molecule has 0 bridgehead atoms. The number of nitrogens with zero attached hydrogens (tertiary/aromatic N) is 3. The maximum Gasteiger partial charge on any atom is 0.253 e. The molecule has 1 atom stereocenters. The van der Waals surface area contributed by atoms with Gasteiger partial charge < -0.3 is 5.32 Å². The molecule has 1 aliphatic carbocycles. The highest BCUT2D eigenvalue weighted by Gasteiger charge is 2.47. The highest BCUT2D eigenvalue weighted by molar-refractivity contribution is 6.07. The van der Waals surface area contributed by atoms with Gasteiger partial charge in [-0.25, -0.2) is 4.98 Å². The molecule has 1 aromatic heterocycles. The Morgan fingerprint density at radius 2 is 1.77 bits per heavy atom. The van der Waals surface area contributed by atoms with Gasteiger partial charge in [0, 0.05) is 17.1 Å². The fourth-order valence-corrected chi connectivity index (χ4v) is 4.44. The molecule has 4 aromatic rings. The Hall–Kier alpha value is -3.67. The minimum Gasteiger partial charge on any atom is -0.325 e. The Morgan fingerprint density at radius 3 is 2.63 bits per heavy atom. The number of hydrogen-bond donors (Lipinski definition) is 1. The second-order valence-electron chi connectivity index (χ2n) is 8.00. The molecule has 2 heterocycles. The van der Waals surface area contributed by atoms with Crippen LogP contribution in [-0.4, -0.2) is 27.4 Å². The van der Waals surface area contributed by atoms with Crippen molar-refractivity contribution in [1.82, 2.24) is 9.55 Å². The molecule has 0 spiro atoms. The summed E-state index contributed by atoms with van der Waals surface area (Å²) in [4.78, 5) is 32.7. The van der Waals surface area contributed by atoms with Gasteiger partial charge in [0.1, 0.15) is 6.04 Å². The van der Waals surface area contributed by atoms with E-state index in [4.69, 9.17) is 4.98 Å². The van der Waals surface area contributed by atoms with E-state index >= 15 is 0 Å². The molecule has 2 aliphatic rings. The van der Waals surface area contributed by atoms with Gasteiger partial charge in [0.15, 0.2) is 0 Å². The van der Waals surface area contributed by atoms with Crippen molar-refractivity contribution in [3.05, 3.63) is 66.7 Å². The summed E-state index contributed by atoms with van der Waals surface area (Å²) in [7, 11) is 0. The number of hydrogen-bond acceptors (Lipinski definition) is 3. The maximum atomic E-state index is 13.2. The highest BCUT2D eigenvalue weighted by atomic mass is 16.2. The number of benzene rings is 3. The average molecular weight is 396 g/mol. The van der Waals surface area contributed by atoms with Gasteiger partial charge in [-0.15, -0.1) is 0 Å². The number of amides is 2. The number of para-hydroxylation sites is 2. The minimum absolute atomic E-state index is 0.0289. The smallest absolute Gasteiger partial charge is 0.253 e. The number of imidazole rings is 1. The summed E-state index contributed by atoms with van der Waals surface area (Å²) in [6.45, 7) is 0. The molecule has 1 N–H and O–H groups in total. The first-order valence-electron chi connectivity index (χ1n) is 10.3. The summed E-state index contributed by atoms with van der Waals surface area (Å²) in [5.74, 6) is 0.469. The van der Waals surface area contributed by atoms with E-state index in [1.807, 2.05) is 71.3 Å². The van der Waals surface area contributed by atoms with Gasteiger partial charge in [0.25, 0.3) is 5.91 Å². The Balaban J connectivity index is 1.34. The molecule has 148 valence electrons. The van der Waals surface area contributed by atoms with Crippen LogP contribution in [0.3, 0.4) is 0 Å². The van der Waals surface area contributed by atoms with Crippen molar-refractivity contribution in [2.24, 2.45) is 0 Å². The molecule has 2 amide bonds. The van der Waals surface area contributed by atoms with Gasteiger partial charge in [-0.3, -0.25) is 19.1 Å². The minimum atomic E-state index is -0.567. The highest BCUT2D eigenvalue weighted by Crippen LogP contribution is 2.42. The number of carbonyl (C=O) groups is 2. The van der Waals surface area contributed by atoms with E-state index in [0.717, 1.165) is 40.3 Å². The first kappa shape index (κ1) is 17.2. The predicted octanol–water partition coefficient (Wildman–Crippen LogP) is 4.27. The molecule has 0 unspecified atom stereocenters. The molecule has 1 fully saturated rings. The molecular weight excluding hydrogens is 376 g/mol. The summed E-state index contributed by atoms with van der Waals surface area (Å²) in [6, 6.07) is 21.2. The lowest BCUT2D eigenvalue weighted by Crippen LogP contribution is -2.33. The molecule has 30 heavy (non-hydrogen) atoms. The molecule has 1 saturated carbocycles. The van der Waals surface area contributed by atoms with Crippen LogP contribution in [0.1, 0.15) is 25.3 Å². The summed E-state index contributed by atoms with van der Waals surface area (Å²) >= 11 is 0. The monoisotopic (exact) mass is 396 g/mol. The van der Waals surface area contributed by atoms with Crippen LogP contribution in [0.15, 0.2) is 66.7 Å². The predicted molar refractivity (Wildman–Crippen MR) is 116 cm³/mol. The van der Waals surface area contributed by atoms with Gasteiger partial charge >= 0.3 is 0 Å². The first-order chi connectivity index (χ1) is 14.7. The summed E-state index contributed by atoms with van der Waals surface area (Å²) in [6.07, 6.45) is 2.06. The van der Waals surface area contributed by atoms with Crippen molar-refractivity contribution in [2.75, 3.05) is 10.2 Å². The summed E-state index contributed by atoms with van der Waals surface area (Å²) in [5, 5.41) is 5.07. The van der Waals surface area contributed by atoms with Crippen LogP contribution in [0.25, 0.3) is 21.8 Å². The normalized spacial score (nSPS) is 18.2. The van der Waals surface area contributed by atoms with Crippen LogP contribution in [0, 0.1) is 0 Å². The molecule has 0 saturated heterocycles. The third kappa shape index (κ3) is 2.60. The van der Waals surface area contributed by atoms with Crippen LogP contribution in [0.4, 0.5) is 11.6 Å². The fraction of sp³-hybridized carbons (Fsp3) is 0.208. The SMILES string of the molecule is O=C(C[C@H]1C(=O)N(C2CC2)c2nc3ccccc3n21)Nc1cccc2ccccc12. The van der Waals surface area contributed by atoms with Gasteiger partial charge in [0.05, 0.1) is 17.5 Å². The van der Waals surface area contributed by atoms with Crippen molar-refractivity contribution in [1.29, 1.82) is 0 Å². The zero-order chi connectivity index (χ0) is 20.2. The third-order valence-electron chi connectivity index (χ3n) is 5.98. The number of nitrogens with one attached hydrogen (secondary N) is 1. The van der Waals surface area contributed by atoms with Crippen molar-refractivity contribution in [2.45, 2.75) is 31.3 Å². The lowest BCUT2D eigenvalue weighted by molar-refractivity contribution is -0.124. The summed E-state index contributed by atoms with van der Waals surface area (Å²) in [5.41, 5.74) is 2.51. The van der Waals surface area contributed by atoms with Gasteiger partial charge in [-0.05, 0) is 36.4 Å². The molecule has 6 nitrogen and oxygen atoms in total. The molecule has 6 rings (SSSR count). The van der Waals surface area contributed by atoms with Crippen LogP contribution < -0.4 is 10.2 Å². The van der Waals surface area contributed by atoms with E-state index in [0.29, 0.717) is 5.95 Å². The van der Waals surface area contributed by atoms with Crippen molar-refractivity contribution in [3.8, 4) is 0 Å². The van der Waals surface area contributed by atoms with E-state index in [1.54, 1.807) is 4.90 Å². The van der Waals surface area contributed by atoms with Gasteiger partial charge in [-0.2, -0.15) is 0 Å². The quantitative estimate of drug-likeness (QED) is 0.560. The van der Waals surface area contributed by atoms with E-state index in [1.165, 1.54) is 0 Å². The van der Waals surface area contributed by atoms with Crippen LogP contribution in [0.2, 0.25) is 0 Å². The first-order valence-corrected chi connectivity index (χ1v) is 10.3. The van der Waals surface area contributed by atoms with Crippen LogP contribution in [-0.2, 0) is 9.59 Å². The second kappa shape index (κ2) is 6.42. The maximum absolute atomic E-state index is 13.2. The van der Waals surface area contributed by atoms with Crippen LogP contribution in [0.5, 0.6) is 0 Å². The lowest BCUT2D eigenvalue weighted by atomic mass is 10.1. The van der Waals surface area contributed by atoms with Crippen LogP contribution >= 0.6 is 0 Å². The van der Waals surface area contributed by atoms with Crippen molar-refractivity contribution in [3.63, 3.8) is 0 Å². The number of carbonyl (C=O) groups excluding carboxylic acids is 2. The summed E-state index contributed by atoms with van der Waals surface area (Å²) < 4.78 is 1.94. The topological polar surface area (TPSA) is 67.2 Å². The molecule has 3 aromatic carbocycles. The Morgan fingerprint density at radius 1 is 1.00 bits per heavy atom. The number of anilines is 2. The Kier molecular flexibility index (Phi) is 3.68. The molecular formula is C24H20N4O2. The standard InChI is InChI=1S/C24H20N4O2/c29-22(25-18-10-5-7-15-6-1-2-8-17(15)18)14-21-23(30)27(16-12-13-16)24-26-19-9-3-4-11-20(19)28(21)24/h1-11,16,21H,12-14H2,(H,25,29)/t21-/m0/s1. The molecule has 1 aliphatic heterocycles. The number of aromatic nitrogens is 2. The van der Waals surface area contributed by atoms with E-state index in [9.17, 15) is 9.59 Å². The Labute approximate surface area is 173 Å². The van der Waals surface area contributed by atoms with Gasteiger partial charge in [0.2, 0.25) is 11.9 Å². The van der Waals surface area contributed by atoms with E-state index in [2.05, 4.69) is 5.32 Å². The Bertz CT molecular complexity index is 1320. The zero-order valence-corrected chi connectivity index (χ0v) is 16.3. The molecule has 6 heteroatoms. The van der Waals surface area contributed by atoms with E-state index < -0.39 is 6.04 Å². The lowest BCUT2D eigenvalue weighted by Gasteiger charge is -2.15. The van der Waals surface area contributed by atoms with Gasteiger partial charge in [-0.1, -0.05) is 48.5 Å². The van der Waals surface area contributed by atoms with Crippen molar-refractivity contribution < 1.29 is 9.59 Å². The number of rotatable bonds is 4. The fourth-order valence-electron chi connectivity index (χ4n) is 4.44. The second-order valence-corrected chi connectivity index (χ2v) is 8.00. The third-order valence-corrected chi connectivity index (χ3v) is 5.98. The molecule has 0 radical (unpaired) electrons. The van der Waals surface area contributed by atoms with Crippen molar-refractivity contribution >= 4 is 45.3 Å². The largest absolute Gasteiger partial charge is 0.325 e. The van der Waals surface area contributed by atoms with E-state index in [-0.39, 0.29) is 24.3 Å². The number of fused-ring (bicyclic) bond motifs is 4.